The van der Waals surface area contributed by atoms with Crippen molar-refractivity contribution in [1.82, 2.24) is 15.0 Å². The Morgan fingerprint density at radius 2 is 2.09 bits per heavy atom. The van der Waals surface area contributed by atoms with E-state index in [-0.39, 0.29) is 0 Å². The summed E-state index contributed by atoms with van der Waals surface area (Å²) in [5, 5.41) is 3.15. The third kappa shape index (κ3) is 3.37. The first-order valence-electron chi connectivity index (χ1n) is 7.35. The highest BCUT2D eigenvalue weighted by atomic mass is 16.5. The lowest BCUT2D eigenvalue weighted by atomic mass is 10.1. The summed E-state index contributed by atoms with van der Waals surface area (Å²) in [4.78, 5) is 13.4. The molecule has 3 aromatic heterocycles. The molecule has 0 amide bonds. The van der Waals surface area contributed by atoms with E-state index in [1.165, 1.54) is 0 Å². The molecule has 6 heteroatoms. The van der Waals surface area contributed by atoms with E-state index in [0.717, 1.165) is 28.3 Å². The predicted octanol–water partition coefficient (Wildman–Crippen LogP) is 3.17. The topological polar surface area (TPSA) is 73.1 Å². The van der Waals surface area contributed by atoms with E-state index in [0.29, 0.717) is 19.1 Å². The molecule has 0 spiro atoms. The van der Waals surface area contributed by atoms with Crippen LogP contribution in [-0.2, 0) is 4.74 Å². The van der Waals surface area contributed by atoms with Crippen LogP contribution in [0.15, 0.2) is 47.3 Å². The quantitative estimate of drug-likeness (QED) is 0.705. The summed E-state index contributed by atoms with van der Waals surface area (Å²) in [6, 6.07) is 7.67. The molecule has 0 aliphatic carbocycles. The largest absolute Gasteiger partial charge is 0.469 e. The number of aromatic nitrogens is 3. The third-order valence-electron chi connectivity index (χ3n) is 3.43. The Morgan fingerprint density at radius 1 is 1.17 bits per heavy atom. The van der Waals surface area contributed by atoms with E-state index in [4.69, 9.17) is 9.15 Å². The molecule has 0 saturated heterocycles. The number of hydrogen-bond donors (Lipinski definition) is 1. The fourth-order valence-electron chi connectivity index (χ4n) is 2.28. The second-order valence-corrected chi connectivity index (χ2v) is 4.98. The number of methoxy groups -OCH3 is 1. The molecule has 23 heavy (non-hydrogen) atoms. The predicted molar refractivity (Wildman–Crippen MR) is 88.1 cm³/mol. The number of furan rings is 1. The van der Waals surface area contributed by atoms with Gasteiger partial charge in [-0.25, -0.2) is 9.97 Å². The number of ether oxygens (including phenoxy) is 1. The van der Waals surface area contributed by atoms with Crippen molar-refractivity contribution in [3.8, 4) is 22.5 Å². The molecule has 3 heterocycles. The third-order valence-corrected chi connectivity index (χ3v) is 3.43. The zero-order chi connectivity index (χ0) is 16.1. The Kier molecular flexibility index (Phi) is 4.63. The van der Waals surface area contributed by atoms with E-state index in [2.05, 4.69) is 20.3 Å². The molecule has 0 bridgehead atoms. The molecule has 0 atom stereocenters. The lowest BCUT2D eigenvalue weighted by molar-refractivity contribution is 0.210. The van der Waals surface area contributed by atoms with Crippen molar-refractivity contribution in [3.05, 3.63) is 48.7 Å². The standard InChI is InChI=1S/C17H18N4O2/c1-12-13(6-9-23-12)16-14(15-5-3-4-7-18-15)11-20-17(21-16)19-8-10-22-2/h3-7,9,11H,8,10H2,1-2H3,(H,19,20,21). The van der Waals surface area contributed by atoms with Gasteiger partial charge >= 0.3 is 0 Å². The van der Waals surface area contributed by atoms with Crippen LogP contribution >= 0.6 is 0 Å². The van der Waals surface area contributed by atoms with Crippen molar-refractivity contribution in [2.75, 3.05) is 25.6 Å². The Hall–Kier alpha value is -2.73. The molecule has 0 aromatic carbocycles. The van der Waals surface area contributed by atoms with Gasteiger partial charge in [0.15, 0.2) is 0 Å². The zero-order valence-corrected chi connectivity index (χ0v) is 13.1. The van der Waals surface area contributed by atoms with Crippen LogP contribution in [0.1, 0.15) is 5.76 Å². The zero-order valence-electron chi connectivity index (χ0n) is 13.1. The van der Waals surface area contributed by atoms with Gasteiger partial charge in [-0.15, -0.1) is 0 Å². The molecule has 1 N–H and O–H groups in total. The Labute approximate surface area is 134 Å². The van der Waals surface area contributed by atoms with Gasteiger partial charge in [-0.2, -0.15) is 0 Å². The molecule has 3 rings (SSSR count). The van der Waals surface area contributed by atoms with Gasteiger partial charge in [-0.1, -0.05) is 6.07 Å². The van der Waals surface area contributed by atoms with Crippen molar-refractivity contribution < 1.29 is 9.15 Å². The van der Waals surface area contributed by atoms with Crippen molar-refractivity contribution in [1.29, 1.82) is 0 Å². The van der Waals surface area contributed by atoms with Gasteiger partial charge < -0.3 is 14.5 Å². The van der Waals surface area contributed by atoms with Gasteiger partial charge in [0.05, 0.1) is 24.3 Å². The minimum Gasteiger partial charge on any atom is -0.469 e. The van der Waals surface area contributed by atoms with E-state index in [1.807, 2.05) is 31.2 Å². The van der Waals surface area contributed by atoms with Crippen LogP contribution in [0.4, 0.5) is 5.95 Å². The summed E-state index contributed by atoms with van der Waals surface area (Å²) in [5.41, 5.74) is 3.42. The molecule has 0 aliphatic heterocycles. The highest BCUT2D eigenvalue weighted by Gasteiger charge is 2.15. The number of hydrogen-bond acceptors (Lipinski definition) is 6. The van der Waals surface area contributed by atoms with Crippen LogP contribution in [0.25, 0.3) is 22.5 Å². The van der Waals surface area contributed by atoms with Crippen LogP contribution in [0, 0.1) is 6.92 Å². The number of nitrogens with zero attached hydrogens (tertiary/aromatic N) is 3. The minimum absolute atomic E-state index is 0.553. The van der Waals surface area contributed by atoms with Crippen molar-refractivity contribution in [2.24, 2.45) is 0 Å². The Morgan fingerprint density at radius 3 is 2.78 bits per heavy atom. The van der Waals surface area contributed by atoms with E-state index >= 15 is 0 Å². The molecule has 6 nitrogen and oxygen atoms in total. The van der Waals surface area contributed by atoms with Gasteiger partial charge in [0.2, 0.25) is 5.95 Å². The molecule has 3 aromatic rings. The first-order valence-corrected chi connectivity index (χ1v) is 7.35. The van der Waals surface area contributed by atoms with Gasteiger partial charge in [-0.3, -0.25) is 4.98 Å². The first kappa shape index (κ1) is 15.2. The maximum absolute atomic E-state index is 5.43. The van der Waals surface area contributed by atoms with Gasteiger partial charge in [0.25, 0.3) is 0 Å². The van der Waals surface area contributed by atoms with Gasteiger partial charge in [0.1, 0.15) is 5.76 Å². The van der Waals surface area contributed by atoms with Crippen LogP contribution < -0.4 is 5.32 Å². The molecule has 118 valence electrons. The maximum Gasteiger partial charge on any atom is 0.223 e. The summed E-state index contributed by atoms with van der Waals surface area (Å²) < 4.78 is 10.5. The molecular weight excluding hydrogens is 292 g/mol. The highest BCUT2D eigenvalue weighted by Crippen LogP contribution is 2.32. The number of pyridine rings is 1. The van der Waals surface area contributed by atoms with Crippen LogP contribution in [0.2, 0.25) is 0 Å². The Balaban J connectivity index is 2.04. The lowest BCUT2D eigenvalue weighted by Gasteiger charge is -2.10. The second kappa shape index (κ2) is 7.02. The number of aryl methyl sites for hydroxylation is 1. The van der Waals surface area contributed by atoms with E-state index < -0.39 is 0 Å². The number of nitrogens with one attached hydrogen (secondary N) is 1. The molecular formula is C17H18N4O2. The van der Waals surface area contributed by atoms with Crippen molar-refractivity contribution in [3.63, 3.8) is 0 Å². The average molecular weight is 310 g/mol. The van der Waals surface area contributed by atoms with Crippen molar-refractivity contribution >= 4 is 5.95 Å². The molecule has 0 unspecified atom stereocenters. The van der Waals surface area contributed by atoms with Gasteiger partial charge in [0, 0.05) is 37.2 Å². The van der Waals surface area contributed by atoms with Crippen LogP contribution in [0.5, 0.6) is 0 Å². The number of anilines is 1. The smallest absolute Gasteiger partial charge is 0.223 e. The van der Waals surface area contributed by atoms with Crippen LogP contribution in [0.3, 0.4) is 0 Å². The molecule has 0 saturated carbocycles. The lowest BCUT2D eigenvalue weighted by Crippen LogP contribution is -2.10. The first-order chi connectivity index (χ1) is 11.3. The average Bonchev–Trinajstić information content (AvgIpc) is 3.02. The maximum atomic E-state index is 5.43. The monoisotopic (exact) mass is 310 g/mol. The summed E-state index contributed by atoms with van der Waals surface area (Å²) in [7, 11) is 1.66. The van der Waals surface area contributed by atoms with E-state index in [9.17, 15) is 0 Å². The van der Waals surface area contributed by atoms with E-state index in [1.54, 1.807) is 25.8 Å². The van der Waals surface area contributed by atoms with Crippen molar-refractivity contribution in [2.45, 2.75) is 6.92 Å². The fraction of sp³-hybridized carbons (Fsp3) is 0.235. The normalized spacial score (nSPS) is 10.7. The second-order valence-electron chi connectivity index (χ2n) is 4.98. The molecule has 0 aliphatic rings. The highest BCUT2D eigenvalue weighted by molar-refractivity contribution is 5.79. The minimum atomic E-state index is 0.553. The Bertz CT molecular complexity index is 771. The van der Waals surface area contributed by atoms with Crippen LogP contribution in [-0.4, -0.2) is 35.2 Å². The number of rotatable bonds is 6. The fourth-order valence-corrected chi connectivity index (χ4v) is 2.28. The molecule has 0 fully saturated rings. The summed E-state index contributed by atoms with van der Waals surface area (Å²) >= 11 is 0. The molecule has 0 radical (unpaired) electrons. The SMILES string of the molecule is COCCNc1ncc(-c2ccccn2)c(-c2ccoc2C)n1. The summed E-state index contributed by atoms with van der Waals surface area (Å²) in [5.74, 6) is 1.36. The van der Waals surface area contributed by atoms with Gasteiger partial charge in [-0.05, 0) is 25.1 Å². The summed E-state index contributed by atoms with van der Waals surface area (Å²) in [6.45, 7) is 3.15. The summed E-state index contributed by atoms with van der Waals surface area (Å²) in [6.07, 6.45) is 5.20.